The molecule has 2 aliphatic rings. The second kappa shape index (κ2) is 10.8. The van der Waals surface area contributed by atoms with Crippen LogP contribution >= 0.6 is 0 Å². The number of hydrogen-bond acceptors (Lipinski definition) is 6. The molecule has 7 nitrogen and oxygen atoms in total. The zero-order chi connectivity index (χ0) is 26.8. The molecule has 0 bridgehead atoms. The van der Waals surface area contributed by atoms with Crippen LogP contribution in [0.25, 0.3) is 0 Å². The SMILES string of the molecule is CC(=O)N(C[C@@H]1C[C@H](COC(c2ccccc2)(c2ccccc2)c2ccccc2)[C@H]2OC(C)(C)O[C@@H]12)N=O. The van der Waals surface area contributed by atoms with Crippen LogP contribution < -0.4 is 0 Å². The lowest BCUT2D eigenvalue weighted by Crippen LogP contribution is -2.37. The normalized spacial score (nSPS) is 24.1. The molecule has 1 saturated heterocycles. The van der Waals surface area contributed by atoms with Gasteiger partial charge in [-0.05, 0) is 37.0 Å². The number of carbonyl (C=O) groups excluding carboxylic acids is 1. The van der Waals surface area contributed by atoms with E-state index in [0.717, 1.165) is 21.7 Å². The van der Waals surface area contributed by atoms with Gasteiger partial charge in [0.05, 0.1) is 30.6 Å². The number of nitrogens with zero attached hydrogens (tertiary/aromatic N) is 2. The van der Waals surface area contributed by atoms with E-state index in [1.165, 1.54) is 6.92 Å². The fourth-order valence-corrected chi connectivity index (χ4v) is 5.99. The molecule has 3 aromatic rings. The van der Waals surface area contributed by atoms with Gasteiger partial charge < -0.3 is 14.2 Å². The van der Waals surface area contributed by atoms with Crippen LogP contribution in [0.2, 0.25) is 0 Å². The van der Waals surface area contributed by atoms with Gasteiger partial charge in [-0.15, -0.1) is 4.91 Å². The predicted octanol–water partition coefficient (Wildman–Crippen LogP) is 5.68. The van der Waals surface area contributed by atoms with Crippen molar-refractivity contribution in [2.45, 2.75) is 50.8 Å². The van der Waals surface area contributed by atoms with Gasteiger partial charge in [-0.3, -0.25) is 4.79 Å². The van der Waals surface area contributed by atoms with Crippen LogP contribution in [-0.4, -0.2) is 42.1 Å². The molecule has 1 saturated carbocycles. The number of fused-ring (bicyclic) bond motifs is 1. The largest absolute Gasteiger partial charge is 0.360 e. The van der Waals surface area contributed by atoms with Crippen LogP contribution in [0.15, 0.2) is 96.3 Å². The smallest absolute Gasteiger partial charge is 0.242 e. The van der Waals surface area contributed by atoms with E-state index in [1.54, 1.807) is 0 Å². The van der Waals surface area contributed by atoms with Crippen LogP contribution in [-0.2, 0) is 24.6 Å². The Kier molecular flexibility index (Phi) is 7.43. The highest BCUT2D eigenvalue weighted by Crippen LogP contribution is 2.47. The number of carbonyl (C=O) groups is 1. The van der Waals surface area contributed by atoms with Crippen molar-refractivity contribution >= 4 is 5.91 Å². The predicted molar refractivity (Wildman–Crippen MR) is 144 cm³/mol. The van der Waals surface area contributed by atoms with Crippen molar-refractivity contribution in [3.05, 3.63) is 113 Å². The number of hydrogen-bond donors (Lipinski definition) is 0. The fourth-order valence-electron chi connectivity index (χ4n) is 5.99. The van der Waals surface area contributed by atoms with E-state index in [2.05, 4.69) is 41.7 Å². The maximum Gasteiger partial charge on any atom is 0.242 e. The van der Waals surface area contributed by atoms with Crippen molar-refractivity contribution in [1.82, 2.24) is 5.01 Å². The van der Waals surface area contributed by atoms with Gasteiger partial charge in [0.2, 0.25) is 5.91 Å². The number of nitroso groups, excluding NO2 is 1. The highest BCUT2D eigenvalue weighted by atomic mass is 16.8. The number of ether oxygens (including phenoxy) is 3. The van der Waals surface area contributed by atoms with E-state index in [0.29, 0.717) is 13.0 Å². The molecule has 198 valence electrons. The van der Waals surface area contributed by atoms with Crippen molar-refractivity contribution in [2.24, 2.45) is 17.1 Å². The van der Waals surface area contributed by atoms with Gasteiger partial charge in [0.15, 0.2) is 5.79 Å². The molecule has 2 fully saturated rings. The van der Waals surface area contributed by atoms with Gasteiger partial charge in [0, 0.05) is 18.8 Å². The molecule has 4 atom stereocenters. The molecular weight excluding hydrogens is 480 g/mol. The second-order valence-corrected chi connectivity index (χ2v) is 10.6. The lowest BCUT2D eigenvalue weighted by atomic mass is 9.80. The maximum atomic E-state index is 11.9. The highest BCUT2D eigenvalue weighted by Gasteiger charge is 2.55. The summed E-state index contributed by atoms with van der Waals surface area (Å²) in [6.45, 7) is 5.71. The summed E-state index contributed by atoms with van der Waals surface area (Å²) in [5.74, 6) is -1.26. The standard InChI is InChI=1S/C31H34N2O5/c1-22(34)33(32-35)20-23-19-24(29-28(23)37-30(2,3)38-29)21-36-31(25-13-7-4-8-14-25,26-15-9-5-10-16-26)27-17-11-6-12-18-27/h4-18,23-24,28-29H,19-21H2,1-3H3/t23-,24+,28-,29+/m0/s1. The van der Waals surface area contributed by atoms with Gasteiger partial charge in [0.25, 0.3) is 0 Å². The molecule has 3 aromatic carbocycles. The summed E-state index contributed by atoms with van der Waals surface area (Å²) in [7, 11) is 0. The molecule has 0 N–H and O–H groups in total. The summed E-state index contributed by atoms with van der Waals surface area (Å²) in [6, 6.07) is 30.8. The average Bonchev–Trinajstić information content (AvgIpc) is 3.42. The lowest BCUT2D eigenvalue weighted by molar-refractivity contribution is -0.166. The zero-order valence-corrected chi connectivity index (χ0v) is 22.0. The number of rotatable bonds is 9. The first-order chi connectivity index (χ1) is 18.3. The Morgan fingerprint density at radius 3 is 1.74 bits per heavy atom. The molecule has 0 spiro atoms. The van der Waals surface area contributed by atoms with Gasteiger partial charge in [0.1, 0.15) is 5.60 Å². The summed E-state index contributed by atoms with van der Waals surface area (Å²) >= 11 is 0. The van der Waals surface area contributed by atoms with Crippen molar-refractivity contribution in [1.29, 1.82) is 0 Å². The van der Waals surface area contributed by atoms with Crippen LogP contribution in [0.1, 0.15) is 43.9 Å². The first-order valence-electron chi connectivity index (χ1n) is 13.1. The molecule has 0 radical (unpaired) electrons. The molecule has 7 heteroatoms. The second-order valence-electron chi connectivity index (χ2n) is 10.6. The van der Waals surface area contributed by atoms with Crippen LogP contribution in [0, 0.1) is 16.7 Å². The molecular formula is C31H34N2O5. The maximum absolute atomic E-state index is 11.9. The minimum absolute atomic E-state index is 0.0113. The number of amides is 1. The van der Waals surface area contributed by atoms with Gasteiger partial charge >= 0.3 is 0 Å². The zero-order valence-electron chi connectivity index (χ0n) is 22.0. The molecule has 5 rings (SSSR count). The minimum atomic E-state index is -0.845. The molecule has 38 heavy (non-hydrogen) atoms. The van der Waals surface area contributed by atoms with E-state index in [9.17, 15) is 9.70 Å². The first kappa shape index (κ1) is 26.2. The van der Waals surface area contributed by atoms with Crippen LogP contribution in [0.4, 0.5) is 0 Å². The summed E-state index contributed by atoms with van der Waals surface area (Å²) < 4.78 is 19.7. The Bertz CT molecular complexity index is 1140. The Hall–Kier alpha value is -3.39. The first-order valence-corrected chi connectivity index (χ1v) is 13.1. The van der Waals surface area contributed by atoms with Gasteiger partial charge in [-0.25, -0.2) is 0 Å². The minimum Gasteiger partial charge on any atom is -0.360 e. The number of benzene rings is 3. The molecule has 1 amide bonds. The molecule has 1 aliphatic heterocycles. The van der Waals surface area contributed by atoms with Crippen molar-refractivity contribution in [3.8, 4) is 0 Å². The summed E-state index contributed by atoms with van der Waals surface area (Å²) in [6.07, 6.45) is 0.191. The topological polar surface area (TPSA) is 77.4 Å². The summed E-state index contributed by atoms with van der Waals surface area (Å²) in [5.41, 5.74) is 2.24. The van der Waals surface area contributed by atoms with E-state index < -0.39 is 11.4 Å². The third-order valence-corrected chi connectivity index (χ3v) is 7.62. The Balaban J connectivity index is 1.51. The van der Waals surface area contributed by atoms with Crippen LogP contribution in [0.5, 0.6) is 0 Å². The van der Waals surface area contributed by atoms with Crippen LogP contribution in [0.3, 0.4) is 0 Å². The van der Waals surface area contributed by atoms with Gasteiger partial charge in [-0.1, -0.05) is 91.0 Å². The quantitative estimate of drug-likeness (QED) is 0.209. The summed E-state index contributed by atoms with van der Waals surface area (Å²) in [4.78, 5) is 23.2. The Morgan fingerprint density at radius 1 is 0.868 bits per heavy atom. The third kappa shape index (κ3) is 5.01. The lowest BCUT2D eigenvalue weighted by Gasteiger charge is -2.37. The molecule has 1 heterocycles. The highest BCUT2D eigenvalue weighted by molar-refractivity contribution is 5.72. The Morgan fingerprint density at radius 2 is 1.32 bits per heavy atom. The van der Waals surface area contributed by atoms with E-state index in [-0.39, 0.29) is 36.5 Å². The fraction of sp³-hybridized carbons (Fsp3) is 0.387. The van der Waals surface area contributed by atoms with Gasteiger partial charge in [-0.2, -0.15) is 5.01 Å². The molecule has 0 unspecified atom stereocenters. The van der Waals surface area contributed by atoms with Crippen molar-refractivity contribution in [2.75, 3.05) is 13.2 Å². The summed E-state index contributed by atoms with van der Waals surface area (Å²) in [5, 5.41) is 3.91. The van der Waals surface area contributed by atoms with E-state index >= 15 is 0 Å². The van der Waals surface area contributed by atoms with E-state index in [4.69, 9.17) is 14.2 Å². The Labute approximate surface area is 223 Å². The van der Waals surface area contributed by atoms with E-state index in [1.807, 2.05) is 68.4 Å². The molecule has 1 aliphatic carbocycles. The molecule has 0 aromatic heterocycles. The monoisotopic (exact) mass is 514 g/mol. The average molecular weight is 515 g/mol. The van der Waals surface area contributed by atoms with Crippen molar-refractivity contribution in [3.63, 3.8) is 0 Å². The third-order valence-electron chi connectivity index (χ3n) is 7.62. The van der Waals surface area contributed by atoms with Crippen molar-refractivity contribution < 1.29 is 19.0 Å².